The number of carbonyl (C=O) groups is 1. The van der Waals surface area contributed by atoms with Gasteiger partial charge in [-0.1, -0.05) is 91.8 Å². The predicted octanol–water partition coefficient (Wildman–Crippen LogP) is 10.4. The van der Waals surface area contributed by atoms with Gasteiger partial charge in [0.25, 0.3) is 0 Å². The number of benzene rings is 3. The van der Waals surface area contributed by atoms with E-state index in [1.54, 1.807) is 24.0 Å². The van der Waals surface area contributed by atoms with E-state index >= 15 is 0 Å². The molecular formula is C39H41ClN2O3S. The molecule has 2 aliphatic rings. The Morgan fingerprint density at radius 3 is 2.39 bits per heavy atom. The number of aldehydes is 1. The fourth-order valence-electron chi connectivity index (χ4n) is 6.35. The molecule has 1 aliphatic heterocycles. The van der Waals surface area contributed by atoms with Crippen molar-refractivity contribution in [2.45, 2.75) is 55.8 Å². The summed E-state index contributed by atoms with van der Waals surface area (Å²) < 4.78 is 12.9. The maximum atomic E-state index is 11.0. The van der Waals surface area contributed by atoms with Gasteiger partial charge in [-0.15, -0.1) is 11.8 Å². The van der Waals surface area contributed by atoms with E-state index in [2.05, 4.69) is 64.6 Å². The van der Waals surface area contributed by atoms with Crippen molar-refractivity contribution in [3.63, 3.8) is 0 Å². The van der Waals surface area contributed by atoms with Crippen LogP contribution in [0.3, 0.4) is 0 Å². The Morgan fingerprint density at radius 2 is 1.74 bits per heavy atom. The Labute approximate surface area is 281 Å². The molecule has 3 heterocycles. The Morgan fingerprint density at radius 1 is 1.00 bits per heavy atom. The fraction of sp³-hybridized carbons (Fsp3) is 0.282. The number of thioether (sulfide) groups is 1. The highest BCUT2D eigenvalue weighted by molar-refractivity contribution is 7.98. The van der Waals surface area contributed by atoms with Gasteiger partial charge in [-0.2, -0.15) is 0 Å². The number of ether oxygens (including phenoxy) is 2. The second-order valence-corrected chi connectivity index (χ2v) is 12.9. The molecule has 1 saturated heterocycles. The highest BCUT2D eigenvalue weighted by Gasteiger charge is 2.48. The molecular weight excluding hydrogens is 612 g/mol. The van der Waals surface area contributed by atoms with E-state index in [1.807, 2.05) is 54.8 Å². The van der Waals surface area contributed by atoms with Crippen molar-refractivity contribution in [3.8, 4) is 11.4 Å². The summed E-state index contributed by atoms with van der Waals surface area (Å²) in [6.45, 7) is 0.599. The van der Waals surface area contributed by atoms with Crippen LogP contribution in [0.1, 0.15) is 72.3 Å². The summed E-state index contributed by atoms with van der Waals surface area (Å²) in [6, 6.07) is 36.6. The van der Waals surface area contributed by atoms with Gasteiger partial charge in [-0.05, 0) is 72.5 Å². The van der Waals surface area contributed by atoms with E-state index in [0.717, 1.165) is 59.0 Å². The Bertz CT molecular complexity index is 1650. The average molecular weight is 653 g/mol. The van der Waals surface area contributed by atoms with Crippen LogP contribution in [0.25, 0.3) is 11.4 Å². The number of nitrogens with zero attached hydrogens (tertiary/aromatic N) is 1. The lowest BCUT2D eigenvalue weighted by Gasteiger charge is -2.25. The van der Waals surface area contributed by atoms with Crippen molar-refractivity contribution in [1.29, 1.82) is 0 Å². The molecule has 1 saturated carbocycles. The third-order valence-corrected chi connectivity index (χ3v) is 9.88. The normalized spacial score (nSPS) is 20.8. The van der Waals surface area contributed by atoms with E-state index in [-0.39, 0.29) is 19.4 Å². The molecule has 5 nitrogen and oxygen atoms in total. The van der Waals surface area contributed by atoms with Gasteiger partial charge in [0.1, 0.15) is 6.10 Å². The van der Waals surface area contributed by atoms with Crippen LogP contribution >= 0.6 is 23.4 Å². The van der Waals surface area contributed by atoms with Crippen LogP contribution < -0.4 is 0 Å². The maximum Gasteiger partial charge on any atom is 0.169 e. The topological polar surface area (TPSA) is 64.2 Å². The Kier molecular flexibility index (Phi) is 11.5. The zero-order valence-electron chi connectivity index (χ0n) is 25.3. The zero-order valence-corrected chi connectivity index (χ0v) is 26.8. The molecule has 4 atom stereocenters. The quantitative estimate of drug-likeness (QED) is 0.133. The molecule has 3 aromatic carbocycles. The Hall–Kier alpha value is -3.68. The van der Waals surface area contributed by atoms with Crippen molar-refractivity contribution < 1.29 is 14.3 Å². The third-order valence-electron chi connectivity index (χ3n) is 8.66. The number of aromatic amines is 1. The molecule has 238 valence electrons. The summed E-state index contributed by atoms with van der Waals surface area (Å²) >= 11 is 8.32. The van der Waals surface area contributed by atoms with E-state index in [9.17, 15) is 4.79 Å². The molecule has 0 radical (unpaired) electrons. The molecule has 0 amide bonds. The number of rotatable bonds is 8. The Balaban J connectivity index is 0.000000536. The number of nitrogens with one attached hydrogen (secondary N) is 1. The molecule has 0 bridgehead atoms. The molecule has 1 spiro atoms. The molecule has 7 heteroatoms. The molecule has 7 rings (SSSR count). The van der Waals surface area contributed by atoms with Gasteiger partial charge in [0, 0.05) is 41.1 Å². The summed E-state index contributed by atoms with van der Waals surface area (Å²) in [5.74, 6) is 0.0782. The summed E-state index contributed by atoms with van der Waals surface area (Å²) in [7, 11) is 0. The number of halogens is 1. The van der Waals surface area contributed by atoms with Gasteiger partial charge < -0.3 is 14.5 Å². The molecule has 1 N–H and O–H groups in total. The first kappa shape index (κ1) is 33.7. The minimum atomic E-state index is -0.499. The standard InChI is InChI=1S/C32H31ClN2O3S.C6H6.CH4/c1-39-31-12-8-24(16-26(31)33)25(27-10-11-29(35-27)28-9-7-22(19-36)18-34-28)15-21-13-14-32(17-21)37-20-30(38-32)23-5-3-2-4-6-23;1-2-4-6-5-3-1;/h2-12,16,18-19,21,25,30,35H,13-15,17,20H2,1H3;1-6H;1H4/t21?,25?,30-,32?;;/m0../s1. The minimum absolute atomic E-state index is 0. The van der Waals surface area contributed by atoms with E-state index < -0.39 is 5.79 Å². The van der Waals surface area contributed by atoms with Gasteiger partial charge >= 0.3 is 0 Å². The van der Waals surface area contributed by atoms with E-state index in [0.29, 0.717) is 18.1 Å². The van der Waals surface area contributed by atoms with Gasteiger partial charge in [0.05, 0.1) is 23.0 Å². The summed E-state index contributed by atoms with van der Waals surface area (Å²) in [4.78, 5) is 20.2. The molecule has 46 heavy (non-hydrogen) atoms. The van der Waals surface area contributed by atoms with Gasteiger partial charge in [0.15, 0.2) is 12.1 Å². The number of H-pyrrole nitrogens is 1. The van der Waals surface area contributed by atoms with Crippen LogP contribution in [0.15, 0.2) is 120 Å². The van der Waals surface area contributed by atoms with Crippen LogP contribution in [0.4, 0.5) is 0 Å². The summed E-state index contributed by atoms with van der Waals surface area (Å²) in [5, 5.41) is 0.777. The monoisotopic (exact) mass is 652 g/mol. The molecule has 3 unspecified atom stereocenters. The first-order valence-corrected chi connectivity index (χ1v) is 17.0. The van der Waals surface area contributed by atoms with Crippen LogP contribution in [-0.2, 0) is 9.47 Å². The largest absolute Gasteiger partial charge is 0.357 e. The summed E-state index contributed by atoms with van der Waals surface area (Å²) in [6.07, 6.45) is 8.23. The van der Waals surface area contributed by atoms with Gasteiger partial charge in [-0.25, -0.2) is 0 Å². The SMILES string of the molecule is C.CSc1ccc(C(CC2CCC3(C2)OC[C@@H](c2ccccc2)O3)c2ccc(-c3ccc(C=O)cn3)[nH]2)cc1Cl.c1ccccc1. The zero-order chi connectivity index (χ0) is 31.1. The van der Waals surface area contributed by atoms with E-state index in [1.165, 1.54) is 11.1 Å². The fourth-order valence-corrected chi connectivity index (χ4v) is 7.23. The van der Waals surface area contributed by atoms with Gasteiger partial charge in [0.2, 0.25) is 0 Å². The van der Waals surface area contributed by atoms with E-state index in [4.69, 9.17) is 21.1 Å². The number of hydrogen-bond donors (Lipinski definition) is 1. The van der Waals surface area contributed by atoms with Gasteiger partial charge in [-0.3, -0.25) is 9.78 Å². The number of carbonyl (C=O) groups excluding carboxylic acids is 1. The highest BCUT2D eigenvalue weighted by atomic mass is 35.5. The van der Waals surface area contributed by atoms with Crippen LogP contribution in [0.2, 0.25) is 5.02 Å². The van der Waals surface area contributed by atoms with Crippen molar-refractivity contribution >= 4 is 29.6 Å². The second kappa shape index (κ2) is 15.7. The molecule has 2 fully saturated rings. The summed E-state index contributed by atoms with van der Waals surface area (Å²) in [5.41, 5.74) is 5.78. The lowest BCUT2D eigenvalue weighted by molar-refractivity contribution is -0.165. The van der Waals surface area contributed by atoms with Crippen LogP contribution in [0, 0.1) is 5.92 Å². The first-order valence-electron chi connectivity index (χ1n) is 15.4. The predicted molar refractivity (Wildman–Crippen MR) is 189 cm³/mol. The second-order valence-electron chi connectivity index (χ2n) is 11.6. The highest BCUT2D eigenvalue weighted by Crippen LogP contribution is 2.49. The van der Waals surface area contributed by atoms with Crippen LogP contribution in [-0.4, -0.2) is 34.9 Å². The van der Waals surface area contributed by atoms with Crippen LogP contribution in [0.5, 0.6) is 0 Å². The van der Waals surface area contributed by atoms with Crippen molar-refractivity contribution in [2.75, 3.05) is 12.9 Å². The molecule has 1 aliphatic carbocycles. The number of aromatic nitrogens is 2. The molecule has 2 aromatic heterocycles. The molecule has 5 aromatic rings. The van der Waals surface area contributed by atoms with Crippen molar-refractivity contribution in [2.24, 2.45) is 5.92 Å². The first-order chi connectivity index (χ1) is 22.1. The lowest BCUT2D eigenvalue weighted by atomic mass is 9.85. The lowest BCUT2D eigenvalue weighted by Crippen LogP contribution is -2.26. The number of pyridine rings is 1. The third kappa shape index (κ3) is 7.99. The maximum absolute atomic E-state index is 11.0. The van der Waals surface area contributed by atoms with Crippen molar-refractivity contribution in [1.82, 2.24) is 9.97 Å². The minimum Gasteiger partial charge on any atom is -0.357 e. The van der Waals surface area contributed by atoms with Crippen molar-refractivity contribution in [3.05, 3.63) is 143 Å². The smallest absolute Gasteiger partial charge is 0.169 e. The number of hydrogen-bond acceptors (Lipinski definition) is 5. The average Bonchev–Trinajstić information content (AvgIpc) is 3.86.